The standard InChI is InChI=1S/C9H14N4OS/c1-6-11-9(15-13-6)12-8(14)7-4-2-3-5-10-7/h7,10H,2-5H2,1H3,(H,11,12,13,14)/t7-/m1/s1. The molecule has 0 bridgehead atoms. The third-order valence-corrected chi connectivity index (χ3v) is 3.11. The first-order valence-corrected chi connectivity index (χ1v) is 5.87. The zero-order valence-corrected chi connectivity index (χ0v) is 9.43. The lowest BCUT2D eigenvalue weighted by Crippen LogP contribution is -2.43. The van der Waals surface area contributed by atoms with E-state index in [0.717, 1.165) is 25.8 Å². The Morgan fingerprint density at radius 2 is 2.47 bits per heavy atom. The van der Waals surface area contributed by atoms with Gasteiger partial charge in [-0.15, -0.1) is 0 Å². The number of rotatable bonds is 2. The average molecular weight is 226 g/mol. The van der Waals surface area contributed by atoms with Gasteiger partial charge in [0.2, 0.25) is 11.0 Å². The Hall–Kier alpha value is -1.01. The molecule has 1 amide bonds. The van der Waals surface area contributed by atoms with Crippen LogP contribution in [0.2, 0.25) is 0 Å². The van der Waals surface area contributed by atoms with Gasteiger partial charge < -0.3 is 5.32 Å². The van der Waals surface area contributed by atoms with E-state index in [-0.39, 0.29) is 11.9 Å². The van der Waals surface area contributed by atoms with Gasteiger partial charge in [0.05, 0.1) is 6.04 Å². The van der Waals surface area contributed by atoms with Gasteiger partial charge >= 0.3 is 0 Å². The van der Waals surface area contributed by atoms with Crippen molar-refractivity contribution in [2.24, 2.45) is 0 Å². The molecule has 1 fully saturated rings. The Labute approximate surface area is 92.5 Å². The molecule has 1 aromatic rings. The maximum Gasteiger partial charge on any atom is 0.243 e. The van der Waals surface area contributed by atoms with E-state index in [9.17, 15) is 4.79 Å². The monoisotopic (exact) mass is 226 g/mol. The van der Waals surface area contributed by atoms with Crippen molar-refractivity contribution in [3.63, 3.8) is 0 Å². The molecule has 2 N–H and O–H groups in total. The topological polar surface area (TPSA) is 66.9 Å². The first-order valence-electron chi connectivity index (χ1n) is 5.10. The summed E-state index contributed by atoms with van der Waals surface area (Å²) in [6.45, 7) is 2.73. The highest BCUT2D eigenvalue weighted by Crippen LogP contribution is 2.13. The number of nitrogens with one attached hydrogen (secondary N) is 2. The van der Waals surface area contributed by atoms with Crippen LogP contribution in [0.4, 0.5) is 5.13 Å². The lowest BCUT2D eigenvalue weighted by atomic mass is 10.0. The number of hydrogen-bond acceptors (Lipinski definition) is 5. The van der Waals surface area contributed by atoms with Crippen molar-refractivity contribution in [3.8, 4) is 0 Å². The second-order valence-electron chi connectivity index (χ2n) is 3.64. The number of carbonyl (C=O) groups excluding carboxylic acids is 1. The highest BCUT2D eigenvalue weighted by Gasteiger charge is 2.21. The van der Waals surface area contributed by atoms with Gasteiger partial charge in [-0.2, -0.15) is 4.37 Å². The van der Waals surface area contributed by atoms with Crippen molar-refractivity contribution >= 4 is 22.6 Å². The second-order valence-corrected chi connectivity index (χ2v) is 4.39. The summed E-state index contributed by atoms with van der Waals surface area (Å²) in [4.78, 5) is 15.8. The number of aryl methyl sites for hydroxylation is 1. The van der Waals surface area contributed by atoms with Crippen LogP contribution in [0, 0.1) is 6.92 Å². The molecular weight excluding hydrogens is 212 g/mol. The molecule has 0 spiro atoms. The molecule has 5 nitrogen and oxygen atoms in total. The van der Waals surface area contributed by atoms with Crippen molar-refractivity contribution in [2.45, 2.75) is 32.2 Å². The number of carbonyl (C=O) groups is 1. The fourth-order valence-corrected chi connectivity index (χ4v) is 2.19. The van der Waals surface area contributed by atoms with Crippen molar-refractivity contribution in [1.29, 1.82) is 0 Å². The highest BCUT2D eigenvalue weighted by atomic mass is 32.1. The summed E-state index contributed by atoms with van der Waals surface area (Å²) < 4.78 is 4.01. The Kier molecular flexibility index (Phi) is 3.27. The molecule has 0 unspecified atom stereocenters. The van der Waals surface area contributed by atoms with Gasteiger partial charge in [-0.3, -0.25) is 10.1 Å². The Balaban J connectivity index is 1.91. The summed E-state index contributed by atoms with van der Waals surface area (Å²) in [7, 11) is 0. The lowest BCUT2D eigenvalue weighted by Gasteiger charge is -2.21. The number of amides is 1. The van der Waals surface area contributed by atoms with E-state index in [2.05, 4.69) is 20.0 Å². The van der Waals surface area contributed by atoms with Crippen molar-refractivity contribution in [1.82, 2.24) is 14.7 Å². The minimum atomic E-state index is -0.0667. The van der Waals surface area contributed by atoms with Crippen molar-refractivity contribution < 1.29 is 4.79 Å². The van der Waals surface area contributed by atoms with E-state index in [1.54, 1.807) is 0 Å². The van der Waals surface area contributed by atoms with E-state index in [4.69, 9.17) is 0 Å². The number of piperidine rings is 1. The first kappa shape index (κ1) is 10.5. The average Bonchev–Trinajstić information content (AvgIpc) is 2.65. The molecule has 0 aliphatic carbocycles. The third kappa shape index (κ3) is 2.73. The summed E-state index contributed by atoms with van der Waals surface area (Å²) in [6.07, 6.45) is 3.17. The molecule has 1 saturated heterocycles. The molecule has 0 radical (unpaired) electrons. The van der Waals surface area contributed by atoms with Crippen LogP contribution in [0.1, 0.15) is 25.1 Å². The summed E-state index contributed by atoms with van der Waals surface area (Å²) >= 11 is 1.22. The molecule has 1 aliphatic heterocycles. The van der Waals surface area contributed by atoms with E-state index in [1.165, 1.54) is 11.5 Å². The predicted molar refractivity (Wildman–Crippen MR) is 58.9 cm³/mol. The minimum Gasteiger partial charge on any atom is -0.306 e. The van der Waals surface area contributed by atoms with Gasteiger partial charge in [0.25, 0.3) is 0 Å². The third-order valence-electron chi connectivity index (χ3n) is 2.38. The van der Waals surface area contributed by atoms with Crippen LogP contribution in [0.5, 0.6) is 0 Å². The first-order chi connectivity index (χ1) is 7.25. The quantitative estimate of drug-likeness (QED) is 0.787. The smallest absolute Gasteiger partial charge is 0.243 e. The zero-order chi connectivity index (χ0) is 10.7. The largest absolute Gasteiger partial charge is 0.306 e. The molecular formula is C9H14N4OS. The predicted octanol–water partition coefficient (Wildman–Crippen LogP) is 0.927. The maximum absolute atomic E-state index is 11.7. The Morgan fingerprint density at radius 3 is 3.07 bits per heavy atom. The van der Waals surface area contributed by atoms with Crippen LogP contribution in [-0.2, 0) is 4.79 Å². The molecule has 0 aromatic carbocycles. The van der Waals surface area contributed by atoms with Gasteiger partial charge in [0.1, 0.15) is 5.82 Å². The van der Waals surface area contributed by atoms with Crippen LogP contribution in [-0.4, -0.2) is 27.9 Å². The number of anilines is 1. The van der Waals surface area contributed by atoms with E-state index in [1.807, 2.05) is 6.92 Å². The van der Waals surface area contributed by atoms with Crippen LogP contribution in [0.25, 0.3) is 0 Å². The second kappa shape index (κ2) is 4.67. The molecule has 2 rings (SSSR count). The summed E-state index contributed by atoms with van der Waals surface area (Å²) in [6, 6.07) is -0.0667. The molecule has 1 aromatic heterocycles. The number of nitrogens with zero attached hydrogens (tertiary/aromatic N) is 2. The van der Waals surface area contributed by atoms with Crippen molar-refractivity contribution in [3.05, 3.63) is 5.82 Å². The fraction of sp³-hybridized carbons (Fsp3) is 0.667. The summed E-state index contributed by atoms with van der Waals surface area (Å²) in [5, 5.41) is 6.55. The normalized spacial score (nSPS) is 21.3. The molecule has 0 saturated carbocycles. The molecule has 15 heavy (non-hydrogen) atoms. The van der Waals surface area contributed by atoms with Gasteiger partial charge in [0.15, 0.2) is 0 Å². The Bertz CT molecular complexity index is 346. The minimum absolute atomic E-state index is 0.00542. The molecule has 6 heteroatoms. The van der Waals surface area contributed by atoms with Gasteiger partial charge in [0, 0.05) is 11.5 Å². The van der Waals surface area contributed by atoms with Gasteiger partial charge in [-0.1, -0.05) is 6.42 Å². The highest BCUT2D eigenvalue weighted by molar-refractivity contribution is 7.09. The maximum atomic E-state index is 11.7. The summed E-state index contributed by atoms with van der Waals surface area (Å²) in [5.74, 6) is 0.706. The number of hydrogen-bond donors (Lipinski definition) is 2. The van der Waals surface area contributed by atoms with Crippen LogP contribution in [0.15, 0.2) is 0 Å². The SMILES string of the molecule is Cc1nsc(NC(=O)[C@H]2CCCCN2)n1. The van der Waals surface area contributed by atoms with E-state index >= 15 is 0 Å². The van der Waals surface area contributed by atoms with E-state index < -0.39 is 0 Å². The van der Waals surface area contributed by atoms with Crippen molar-refractivity contribution in [2.75, 3.05) is 11.9 Å². The molecule has 1 aliphatic rings. The van der Waals surface area contributed by atoms with E-state index in [0.29, 0.717) is 11.0 Å². The molecule has 2 heterocycles. The summed E-state index contributed by atoms with van der Waals surface area (Å²) in [5.41, 5.74) is 0. The van der Waals surface area contributed by atoms with Crippen LogP contribution in [0.3, 0.4) is 0 Å². The number of aromatic nitrogens is 2. The molecule has 1 atom stereocenters. The van der Waals surface area contributed by atoms with Crippen LogP contribution >= 0.6 is 11.5 Å². The Morgan fingerprint density at radius 1 is 1.60 bits per heavy atom. The van der Waals surface area contributed by atoms with Gasteiger partial charge in [-0.25, -0.2) is 4.98 Å². The van der Waals surface area contributed by atoms with Crippen LogP contribution < -0.4 is 10.6 Å². The zero-order valence-electron chi connectivity index (χ0n) is 8.62. The lowest BCUT2D eigenvalue weighted by molar-refractivity contribution is -0.118. The van der Waals surface area contributed by atoms with Gasteiger partial charge in [-0.05, 0) is 26.3 Å². The fourth-order valence-electron chi connectivity index (χ4n) is 1.62. The molecule has 82 valence electrons.